The van der Waals surface area contributed by atoms with Crippen molar-refractivity contribution in [3.05, 3.63) is 54.1 Å². The van der Waals surface area contributed by atoms with Gasteiger partial charge in [0.25, 0.3) is 10.0 Å². The summed E-state index contributed by atoms with van der Waals surface area (Å²) >= 11 is 0. The smallest absolute Gasteiger partial charge is 0.264 e. The Kier molecular flexibility index (Phi) is 6.76. The van der Waals surface area contributed by atoms with Crippen LogP contribution in [0, 0.1) is 6.92 Å². The van der Waals surface area contributed by atoms with Crippen LogP contribution in [0.2, 0.25) is 0 Å². The number of sulfonamides is 1. The predicted octanol–water partition coefficient (Wildman–Crippen LogP) is 2.49. The first kappa shape index (κ1) is 21.1. The number of rotatable bonds is 8. The van der Waals surface area contributed by atoms with Gasteiger partial charge in [0.1, 0.15) is 12.3 Å². The summed E-state index contributed by atoms with van der Waals surface area (Å²) in [5.41, 5.74) is 1.34. The molecule has 0 radical (unpaired) electrons. The topological polar surface area (TPSA) is 84.9 Å². The van der Waals surface area contributed by atoms with E-state index in [-0.39, 0.29) is 23.5 Å². The lowest BCUT2D eigenvalue weighted by atomic mass is 10.2. The maximum absolute atomic E-state index is 13.3. The van der Waals surface area contributed by atoms with Gasteiger partial charge in [0.2, 0.25) is 5.91 Å². The second-order valence-corrected chi connectivity index (χ2v) is 8.82. The maximum Gasteiger partial charge on any atom is 0.264 e. The van der Waals surface area contributed by atoms with Crippen LogP contribution in [0.3, 0.4) is 0 Å². The number of nitrogens with one attached hydrogen (secondary N) is 1. The number of carbonyl (C=O) groups is 1. The Labute approximate surface area is 171 Å². The van der Waals surface area contributed by atoms with Crippen molar-refractivity contribution in [2.45, 2.75) is 30.8 Å². The summed E-state index contributed by atoms with van der Waals surface area (Å²) < 4.78 is 38.3. The molecule has 156 valence electrons. The van der Waals surface area contributed by atoms with Crippen molar-refractivity contribution < 1.29 is 22.7 Å². The minimum Gasteiger partial charge on any atom is -0.497 e. The predicted molar refractivity (Wildman–Crippen MR) is 111 cm³/mol. The van der Waals surface area contributed by atoms with Crippen molar-refractivity contribution in [1.82, 2.24) is 5.32 Å². The Bertz CT molecular complexity index is 921. The van der Waals surface area contributed by atoms with Gasteiger partial charge in [-0.05, 0) is 56.2 Å². The van der Waals surface area contributed by atoms with Crippen molar-refractivity contribution in [2.75, 3.05) is 31.1 Å². The SMILES string of the molecule is COc1ccc(N(CC(=O)NC[C@@H]2CCCO2)S(=O)(=O)c2ccc(C)cc2)cc1. The normalized spacial score (nSPS) is 16.4. The van der Waals surface area contributed by atoms with Gasteiger partial charge in [0, 0.05) is 13.2 Å². The zero-order valence-corrected chi connectivity index (χ0v) is 17.4. The minimum absolute atomic E-state index is 0.0120. The molecule has 2 aromatic carbocycles. The fourth-order valence-electron chi connectivity index (χ4n) is 3.12. The molecule has 1 amide bonds. The molecule has 1 heterocycles. The minimum atomic E-state index is -3.92. The van der Waals surface area contributed by atoms with E-state index in [1.54, 1.807) is 48.5 Å². The van der Waals surface area contributed by atoms with Gasteiger partial charge < -0.3 is 14.8 Å². The van der Waals surface area contributed by atoms with Crippen molar-refractivity contribution in [3.63, 3.8) is 0 Å². The fraction of sp³-hybridized carbons (Fsp3) is 0.381. The van der Waals surface area contributed by atoms with E-state index in [4.69, 9.17) is 9.47 Å². The van der Waals surface area contributed by atoms with Crippen LogP contribution in [-0.2, 0) is 19.6 Å². The lowest BCUT2D eigenvalue weighted by molar-refractivity contribution is -0.120. The van der Waals surface area contributed by atoms with Crippen LogP contribution >= 0.6 is 0 Å². The summed E-state index contributed by atoms with van der Waals surface area (Å²) in [5.74, 6) is 0.219. The molecule has 3 rings (SSSR count). The Morgan fingerprint density at radius 2 is 1.86 bits per heavy atom. The molecule has 2 aromatic rings. The molecule has 1 saturated heterocycles. The second kappa shape index (κ2) is 9.28. The quantitative estimate of drug-likeness (QED) is 0.712. The zero-order chi connectivity index (χ0) is 20.9. The summed E-state index contributed by atoms with van der Waals surface area (Å²) in [6.45, 7) is 2.63. The molecule has 1 aliphatic heterocycles. The third kappa shape index (κ3) is 5.27. The molecular formula is C21H26N2O5S. The summed E-state index contributed by atoms with van der Waals surface area (Å²) in [7, 11) is -2.39. The molecule has 1 aliphatic rings. The molecule has 1 N–H and O–H groups in total. The number of anilines is 1. The molecule has 8 heteroatoms. The number of aryl methyl sites for hydroxylation is 1. The van der Waals surface area contributed by atoms with E-state index in [1.165, 1.54) is 7.11 Å². The fourth-order valence-corrected chi connectivity index (χ4v) is 4.54. The van der Waals surface area contributed by atoms with Crippen molar-refractivity contribution in [1.29, 1.82) is 0 Å². The standard InChI is InChI=1S/C21H26N2O5S/c1-16-5-11-20(12-6-16)29(25,26)23(17-7-9-18(27-2)10-8-17)15-21(24)22-14-19-4-3-13-28-19/h5-12,19H,3-4,13-15H2,1-2H3,(H,22,24)/t19-/m0/s1. The van der Waals surface area contributed by atoms with E-state index >= 15 is 0 Å². The van der Waals surface area contributed by atoms with Gasteiger partial charge in [-0.1, -0.05) is 17.7 Å². The first-order valence-corrected chi connectivity index (χ1v) is 11.0. The van der Waals surface area contributed by atoms with E-state index in [0.29, 0.717) is 24.6 Å². The molecule has 7 nitrogen and oxygen atoms in total. The summed E-state index contributed by atoms with van der Waals surface area (Å²) in [6.07, 6.45) is 1.85. The molecule has 1 fully saturated rings. The zero-order valence-electron chi connectivity index (χ0n) is 16.6. The molecule has 0 aliphatic carbocycles. The van der Waals surface area contributed by atoms with Gasteiger partial charge in [-0.2, -0.15) is 0 Å². The van der Waals surface area contributed by atoms with Gasteiger partial charge in [0.15, 0.2) is 0 Å². The molecule has 0 aromatic heterocycles. The van der Waals surface area contributed by atoms with Crippen LogP contribution in [0.15, 0.2) is 53.4 Å². The highest BCUT2D eigenvalue weighted by Gasteiger charge is 2.27. The highest BCUT2D eigenvalue weighted by atomic mass is 32.2. The molecule has 0 saturated carbocycles. The number of carbonyl (C=O) groups excluding carboxylic acids is 1. The Morgan fingerprint density at radius 3 is 2.45 bits per heavy atom. The molecule has 0 spiro atoms. The van der Waals surface area contributed by atoms with Crippen LogP contribution in [0.25, 0.3) is 0 Å². The molecule has 0 bridgehead atoms. The summed E-state index contributed by atoms with van der Waals surface area (Å²) in [4.78, 5) is 12.7. The number of amides is 1. The number of hydrogen-bond acceptors (Lipinski definition) is 5. The largest absolute Gasteiger partial charge is 0.497 e. The van der Waals surface area contributed by atoms with E-state index in [2.05, 4.69) is 5.32 Å². The average Bonchev–Trinajstić information content (AvgIpc) is 3.24. The third-order valence-corrected chi connectivity index (χ3v) is 6.60. The Balaban J connectivity index is 1.84. The van der Waals surface area contributed by atoms with Crippen molar-refractivity contribution in [2.24, 2.45) is 0 Å². The van der Waals surface area contributed by atoms with E-state index in [9.17, 15) is 13.2 Å². The maximum atomic E-state index is 13.3. The van der Waals surface area contributed by atoms with Gasteiger partial charge in [-0.25, -0.2) is 8.42 Å². The lowest BCUT2D eigenvalue weighted by Gasteiger charge is -2.24. The van der Waals surface area contributed by atoms with E-state index in [0.717, 1.165) is 22.7 Å². The monoisotopic (exact) mass is 418 g/mol. The van der Waals surface area contributed by atoms with Crippen LogP contribution in [0.5, 0.6) is 5.75 Å². The molecule has 0 unspecified atom stereocenters. The lowest BCUT2D eigenvalue weighted by Crippen LogP contribution is -2.42. The van der Waals surface area contributed by atoms with Gasteiger partial charge in [-0.3, -0.25) is 9.10 Å². The van der Waals surface area contributed by atoms with Crippen molar-refractivity contribution in [3.8, 4) is 5.75 Å². The second-order valence-electron chi connectivity index (χ2n) is 6.96. The average molecular weight is 419 g/mol. The van der Waals surface area contributed by atoms with Gasteiger partial charge in [0.05, 0.1) is 23.8 Å². The third-order valence-electron chi connectivity index (χ3n) is 4.81. The van der Waals surface area contributed by atoms with Crippen LogP contribution < -0.4 is 14.4 Å². The summed E-state index contributed by atoms with van der Waals surface area (Å²) in [5, 5.41) is 2.79. The number of hydrogen-bond donors (Lipinski definition) is 1. The van der Waals surface area contributed by atoms with Crippen LogP contribution in [0.1, 0.15) is 18.4 Å². The van der Waals surface area contributed by atoms with Gasteiger partial charge >= 0.3 is 0 Å². The van der Waals surface area contributed by atoms with Crippen LogP contribution in [0.4, 0.5) is 5.69 Å². The first-order chi connectivity index (χ1) is 13.9. The number of nitrogens with zero attached hydrogens (tertiary/aromatic N) is 1. The van der Waals surface area contributed by atoms with Crippen LogP contribution in [-0.4, -0.2) is 47.2 Å². The first-order valence-electron chi connectivity index (χ1n) is 9.52. The number of methoxy groups -OCH3 is 1. The van der Waals surface area contributed by atoms with E-state index < -0.39 is 10.0 Å². The number of benzene rings is 2. The Hall–Kier alpha value is -2.58. The van der Waals surface area contributed by atoms with Crippen molar-refractivity contribution >= 4 is 21.6 Å². The van der Waals surface area contributed by atoms with Gasteiger partial charge in [-0.15, -0.1) is 0 Å². The highest BCUT2D eigenvalue weighted by Crippen LogP contribution is 2.26. The van der Waals surface area contributed by atoms with E-state index in [1.807, 2.05) is 6.92 Å². The molecule has 29 heavy (non-hydrogen) atoms. The highest BCUT2D eigenvalue weighted by molar-refractivity contribution is 7.92. The number of ether oxygens (including phenoxy) is 2. The molecule has 1 atom stereocenters. The Morgan fingerprint density at radius 1 is 1.17 bits per heavy atom. The summed E-state index contributed by atoms with van der Waals surface area (Å²) in [6, 6.07) is 13.1. The molecular weight excluding hydrogens is 392 g/mol.